The number of hydrogen-bond acceptors (Lipinski definition) is 7. The third kappa shape index (κ3) is 4.07. The molecule has 3 N–H and O–H groups in total. The highest BCUT2D eigenvalue weighted by atomic mass is 79.9. The van der Waals surface area contributed by atoms with E-state index in [-0.39, 0.29) is 11.4 Å². The van der Waals surface area contributed by atoms with Crippen molar-refractivity contribution in [3.63, 3.8) is 0 Å². The highest BCUT2D eigenvalue weighted by Gasteiger charge is 2.30. The number of rotatable bonds is 5. The van der Waals surface area contributed by atoms with E-state index < -0.39 is 5.12 Å². The molecule has 9 heteroatoms. The summed E-state index contributed by atoms with van der Waals surface area (Å²) in [4.78, 5) is 10.8. The lowest BCUT2D eigenvalue weighted by Gasteiger charge is -2.16. The van der Waals surface area contributed by atoms with E-state index in [2.05, 4.69) is 38.3 Å². The number of carbonyl (C=O) groups excluding carboxylic acids is 1. The van der Waals surface area contributed by atoms with Gasteiger partial charge in [-0.2, -0.15) is 0 Å². The smallest absolute Gasteiger partial charge is 0.279 e. The third-order valence-electron chi connectivity index (χ3n) is 4.18. The molecule has 1 aromatic heterocycles. The Labute approximate surface area is 168 Å². The zero-order valence-electron chi connectivity index (χ0n) is 14.4. The summed E-state index contributed by atoms with van der Waals surface area (Å²) in [6.45, 7) is 0. The lowest BCUT2D eigenvalue weighted by molar-refractivity contribution is -0.139. The average Bonchev–Trinajstić information content (AvgIpc) is 3.47. The summed E-state index contributed by atoms with van der Waals surface area (Å²) in [6.07, 6.45) is 2.47. The number of hydrogen-bond donors (Lipinski definition) is 3. The predicted octanol–water partition coefficient (Wildman–Crippen LogP) is 2.60. The van der Waals surface area contributed by atoms with Crippen LogP contribution in [0, 0.1) is 0 Å². The number of thioether (sulfide) groups is 1. The van der Waals surface area contributed by atoms with Gasteiger partial charge in [-0.05, 0) is 63.5 Å². The maximum Gasteiger partial charge on any atom is 0.279 e. The van der Waals surface area contributed by atoms with Crippen LogP contribution in [0.15, 0.2) is 46.3 Å². The first-order valence-corrected chi connectivity index (χ1v) is 9.79. The van der Waals surface area contributed by atoms with Crippen LogP contribution in [0.1, 0.15) is 24.3 Å². The first kappa shape index (κ1) is 20.0. The van der Waals surface area contributed by atoms with Gasteiger partial charge in [-0.3, -0.25) is 9.36 Å². The fraction of sp³-hybridized carbons (Fsp3) is 0.278. The number of benzene rings is 2. The fourth-order valence-corrected chi connectivity index (χ4v) is 4.16. The number of carbonyl (C=O) groups is 1. The van der Waals surface area contributed by atoms with E-state index in [1.807, 2.05) is 24.3 Å². The van der Waals surface area contributed by atoms with E-state index in [1.54, 1.807) is 4.57 Å². The van der Waals surface area contributed by atoms with Crippen molar-refractivity contribution >= 4 is 44.8 Å². The highest BCUT2D eigenvalue weighted by molar-refractivity contribution is 9.10. The maximum atomic E-state index is 10.8. The van der Waals surface area contributed by atoms with Crippen molar-refractivity contribution in [1.82, 2.24) is 14.8 Å². The van der Waals surface area contributed by atoms with Crippen LogP contribution in [0.2, 0.25) is 0 Å². The van der Waals surface area contributed by atoms with Crippen molar-refractivity contribution in [2.24, 2.45) is 0 Å². The molecule has 2 aromatic carbocycles. The first-order chi connectivity index (χ1) is 13.0. The number of halogens is 1. The van der Waals surface area contributed by atoms with E-state index in [4.69, 9.17) is 5.11 Å². The Morgan fingerprint density at radius 3 is 2.44 bits per heavy atom. The molecule has 0 bridgehead atoms. The number of aldehydes is 1. The Balaban J connectivity index is 0.00000102. The Hall–Kier alpha value is -1.78. The zero-order valence-corrected chi connectivity index (χ0v) is 16.8. The number of aromatic nitrogens is 3. The van der Waals surface area contributed by atoms with Gasteiger partial charge < -0.3 is 15.3 Å². The maximum absolute atomic E-state index is 10.8. The lowest BCUT2D eigenvalue weighted by Crippen LogP contribution is -2.25. The molecule has 142 valence electrons. The average molecular weight is 452 g/mol. The van der Waals surface area contributed by atoms with Crippen molar-refractivity contribution in [1.29, 1.82) is 0 Å². The third-order valence-corrected chi connectivity index (χ3v) is 5.54. The number of nitrogens with zero attached hydrogens (tertiary/aromatic N) is 3. The second kappa shape index (κ2) is 8.07. The minimum absolute atomic E-state index is 0.0545. The van der Waals surface area contributed by atoms with Crippen LogP contribution < -0.4 is 0 Å². The normalized spacial score (nSPS) is 14.0. The Bertz CT molecular complexity index is 972. The van der Waals surface area contributed by atoms with Crippen LogP contribution in [-0.2, 0) is 4.79 Å². The van der Waals surface area contributed by atoms with Gasteiger partial charge in [-0.15, -0.1) is 10.2 Å². The molecule has 27 heavy (non-hydrogen) atoms. The van der Waals surface area contributed by atoms with Crippen LogP contribution in [0.5, 0.6) is 0 Å². The molecule has 1 aliphatic rings. The predicted molar refractivity (Wildman–Crippen MR) is 106 cm³/mol. The number of fused-ring (bicyclic) bond motifs is 1. The van der Waals surface area contributed by atoms with Gasteiger partial charge in [-0.25, -0.2) is 0 Å². The quantitative estimate of drug-likeness (QED) is 0.310. The minimum Gasteiger partial charge on any atom is -0.400 e. The fourth-order valence-electron chi connectivity index (χ4n) is 2.93. The molecule has 7 nitrogen and oxygen atoms in total. The van der Waals surface area contributed by atoms with Gasteiger partial charge in [0.05, 0.1) is 5.69 Å². The summed E-state index contributed by atoms with van der Waals surface area (Å²) in [5.74, 6) is 0.606. The second-order valence-corrected chi connectivity index (χ2v) is 7.84. The van der Waals surface area contributed by atoms with Crippen LogP contribution in [0.3, 0.4) is 0 Å². The van der Waals surface area contributed by atoms with Crippen LogP contribution in [0.4, 0.5) is 0 Å². The summed E-state index contributed by atoms with van der Waals surface area (Å²) in [7, 11) is 1.00. The molecule has 0 spiro atoms. The van der Waals surface area contributed by atoms with Gasteiger partial charge in [-0.1, -0.05) is 30.3 Å². The molecule has 0 unspecified atom stereocenters. The SMILES string of the molecule is CO.O=CC(O)(O)Sc1nnc(Br)n1-c1ccc(C2CC2)c2ccccc12. The Morgan fingerprint density at radius 2 is 1.81 bits per heavy atom. The molecule has 0 saturated heterocycles. The van der Waals surface area contributed by atoms with Crippen LogP contribution in [0.25, 0.3) is 16.5 Å². The molecule has 0 atom stereocenters. The molecular weight excluding hydrogens is 434 g/mol. The van der Waals surface area contributed by atoms with E-state index in [9.17, 15) is 15.0 Å². The van der Waals surface area contributed by atoms with Crippen LogP contribution in [-0.4, -0.2) is 48.6 Å². The molecular formula is C18H18BrN3O4S. The largest absolute Gasteiger partial charge is 0.400 e. The summed E-state index contributed by atoms with van der Waals surface area (Å²) >= 11 is 3.88. The Kier molecular flexibility index (Phi) is 5.97. The number of aliphatic hydroxyl groups is 3. The van der Waals surface area contributed by atoms with Crippen LogP contribution >= 0.6 is 27.7 Å². The van der Waals surface area contributed by atoms with E-state index in [1.165, 1.54) is 18.4 Å². The van der Waals surface area contributed by atoms with Crippen molar-refractivity contribution in [3.8, 4) is 5.69 Å². The van der Waals surface area contributed by atoms with Gasteiger partial charge in [0.15, 0.2) is 6.29 Å². The summed E-state index contributed by atoms with van der Waals surface area (Å²) < 4.78 is 2.08. The van der Waals surface area contributed by atoms with Gasteiger partial charge in [0.2, 0.25) is 9.89 Å². The first-order valence-electron chi connectivity index (χ1n) is 8.18. The molecule has 4 rings (SSSR count). The van der Waals surface area contributed by atoms with E-state index in [0.717, 1.165) is 23.6 Å². The standard InChI is InChI=1S/C17H14BrN3O3S.CH4O/c18-15-19-20-16(25-17(23,24)9-22)21(15)14-8-7-11(10-5-6-10)12-3-1-2-4-13(12)14;1-2/h1-4,7-10,23-24H,5-6H2;2H,1H3. The minimum atomic E-state index is -2.56. The van der Waals surface area contributed by atoms with E-state index >= 15 is 0 Å². The summed E-state index contributed by atoms with van der Waals surface area (Å²) in [5, 5.41) is 34.0. The molecule has 0 amide bonds. The molecule has 0 aliphatic heterocycles. The molecule has 1 aliphatic carbocycles. The van der Waals surface area contributed by atoms with Gasteiger partial charge in [0.1, 0.15) is 0 Å². The van der Waals surface area contributed by atoms with Gasteiger partial charge in [0, 0.05) is 12.5 Å². The van der Waals surface area contributed by atoms with Crippen molar-refractivity contribution in [2.45, 2.75) is 29.0 Å². The summed E-state index contributed by atoms with van der Waals surface area (Å²) in [6, 6.07) is 12.1. The molecule has 1 saturated carbocycles. The summed E-state index contributed by atoms with van der Waals surface area (Å²) in [5.41, 5.74) is 2.13. The molecule has 1 fully saturated rings. The Morgan fingerprint density at radius 1 is 1.15 bits per heavy atom. The van der Waals surface area contributed by atoms with Crippen molar-refractivity contribution in [2.75, 3.05) is 7.11 Å². The van der Waals surface area contributed by atoms with E-state index in [0.29, 0.717) is 22.4 Å². The van der Waals surface area contributed by atoms with Crippen molar-refractivity contribution < 1.29 is 20.1 Å². The topological polar surface area (TPSA) is 108 Å². The molecule has 3 aromatic rings. The molecule has 1 heterocycles. The zero-order chi connectivity index (χ0) is 19.6. The monoisotopic (exact) mass is 451 g/mol. The molecule has 0 radical (unpaired) electrons. The van der Waals surface area contributed by atoms with Crippen molar-refractivity contribution in [3.05, 3.63) is 46.7 Å². The lowest BCUT2D eigenvalue weighted by atomic mass is 9.99. The van der Waals surface area contributed by atoms with Gasteiger partial charge in [0.25, 0.3) is 5.12 Å². The van der Waals surface area contributed by atoms with Gasteiger partial charge >= 0.3 is 0 Å². The highest BCUT2D eigenvalue weighted by Crippen LogP contribution is 2.44. The second-order valence-electron chi connectivity index (χ2n) is 5.96. The number of aliphatic hydroxyl groups excluding tert-OH is 1.